The quantitative estimate of drug-likeness (QED) is 0.468. The first kappa shape index (κ1) is 23.8. The molecular weight excluding hydrogens is 422 g/mol. The minimum Gasteiger partial charge on any atom is -0.312 e. The Morgan fingerprint density at radius 1 is 1.12 bits per heavy atom. The fourth-order valence-electron chi connectivity index (χ4n) is 4.16. The molecule has 1 aromatic carbocycles. The lowest BCUT2D eigenvalue weighted by atomic mass is 10.1. The lowest BCUT2D eigenvalue weighted by Gasteiger charge is -2.20. The van der Waals surface area contributed by atoms with Gasteiger partial charge in [0.05, 0.1) is 29.5 Å². The van der Waals surface area contributed by atoms with Crippen molar-refractivity contribution in [2.24, 2.45) is 0 Å². The highest BCUT2D eigenvalue weighted by Crippen LogP contribution is 2.29. The van der Waals surface area contributed by atoms with E-state index in [9.17, 15) is 4.79 Å². The molecule has 2 heterocycles. The smallest absolute Gasteiger partial charge is 0.250 e. The van der Waals surface area contributed by atoms with E-state index in [1.54, 1.807) is 30.6 Å². The van der Waals surface area contributed by atoms with E-state index in [0.717, 1.165) is 36.2 Å². The summed E-state index contributed by atoms with van der Waals surface area (Å²) in [5.41, 5.74) is 4.83. The van der Waals surface area contributed by atoms with Gasteiger partial charge in [0.15, 0.2) is 0 Å². The van der Waals surface area contributed by atoms with Gasteiger partial charge in [0.25, 0.3) is 5.56 Å². The summed E-state index contributed by atoms with van der Waals surface area (Å²) in [5.74, 6) is 0. The number of aromatic nitrogens is 3. The molecule has 2 N–H and O–H groups in total. The summed E-state index contributed by atoms with van der Waals surface area (Å²) in [5, 5.41) is 11.9. The Bertz CT molecular complexity index is 1230. The van der Waals surface area contributed by atoms with E-state index in [4.69, 9.17) is 10.4 Å². The monoisotopic (exact) mass is 455 g/mol. The van der Waals surface area contributed by atoms with Crippen LogP contribution in [-0.4, -0.2) is 25.8 Å². The molecule has 0 bridgehead atoms. The number of benzene rings is 1. The lowest BCUT2D eigenvalue weighted by molar-refractivity contribution is 0.424. The Kier molecular flexibility index (Phi) is 7.17. The fraction of sp³-hybridized carbons (Fsp3) is 0.357. The number of allylic oxidation sites excluding steroid dienone is 1. The molecule has 34 heavy (non-hydrogen) atoms. The minimum atomic E-state index is 0.0355. The first-order chi connectivity index (χ1) is 16.3. The summed E-state index contributed by atoms with van der Waals surface area (Å²) < 4.78 is 1.85. The van der Waals surface area contributed by atoms with Gasteiger partial charge >= 0.3 is 0 Å². The van der Waals surface area contributed by atoms with Crippen LogP contribution in [-0.2, 0) is 6.54 Å². The van der Waals surface area contributed by atoms with Crippen LogP contribution in [0.1, 0.15) is 69.3 Å². The Labute approximate surface area is 201 Å². The van der Waals surface area contributed by atoms with Gasteiger partial charge in [0.1, 0.15) is 0 Å². The van der Waals surface area contributed by atoms with Crippen molar-refractivity contribution in [2.45, 2.75) is 64.6 Å². The highest BCUT2D eigenvalue weighted by atomic mass is 16.1. The molecule has 6 nitrogen and oxygen atoms in total. The van der Waals surface area contributed by atoms with Crippen molar-refractivity contribution in [3.05, 3.63) is 88.2 Å². The molecule has 0 amide bonds. The lowest BCUT2D eigenvalue weighted by Crippen LogP contribution is -2.35. The van der Waals surface area contributed by atoms with Crippen molar-refractivity contribution in [1.29, 1.82) is 5.41 Å². The number of hydrogen-bond acceptors (Lipinski definition) is 5. The van der Waals surface area contributed by atoms with E-state index in [-0.39, 0.29) is 17.1 Å². The van der Waals surface area contributed by atoms with Crippen molar-refractivity contribution in [3.8, 4) is 11.3 Å². The summed E-state index contributed by atoms with van der Waals surface area (Å²) in [6.45, 7) is 7.23. The van der Waals surface area contributed by atoms with E-state index in [0.29, 0.717) is 11.4 Å². The number of nitrogens with one attached hydrogen (secondary N) is 2. The molecule has 0 unspecified atom stereocenters. The second kappa shape index (κ2) is 10.3. The van der Waals surface area contributed by atoms with Crippen molar-refractivity contribution >= 4 is 11.8 Å². The van der Waals surface area contributed by atoms with Gasteiger partial charge in [-0.05, 0) is 63.0 Å². The Hall–Kier alpha value is -3.38. The second-order valence-electron chi connectivity index (χ2n) is 9.98. The maximum atomic E-state index is 12.4. The molecule has 6 heteroatoms. The number of rotatable bonds is 7. The molecule has 0 aliphatic heterocycles. The van der Waals surface area contributed by atoms with Gasteiger partial charge in [-0.25, -0.2) is 4.98 Å². The molecular formula is C28H33N5O. The molecule has 1 saturated carbocycles. The summed E-state index contributed by atoms with van der Waals surface area (Å²) in [4.78, 5) is 21.4. The third kappa shape index (κ3) is 6.14. The highest BCUT2D eigenvalue weighted by Gasteiger charge is 2.18. The van der Waals surface area contributed by atoms with E-state index >= 15 is 0 Å². The standard InChI is InChI=1S/C28H33N5O/c1-28(2,3)31-16-20-8-10-21(11-9-20)25(29)14-13-23-17-30-18-26(32-23)22-12-15-27(34)33(19-22)24-6-4-5-7-24/h8-15,17-19,24,29,31H,4-7,16H2,1-3H3/b14-13+,29-25?. The van der Waals surface area contributed by atoms with Crippen LogP contribution in [0.3, 0.4) is 0 Å². The van der Waals surface area contributed by atoms with Crippen molar-refractivity contribution in [1.82, 2.24) is 19.9 Å². The highest BCUT2D eigenvalue weighted by molar-refractivity contribution is 6.08. The van der Waals surface area contributed by atoms with Crippen LogP contribution >= 0.6 is 0 Å². The Morgan fingerprint density at radius 2 is 1.85 bits per heavy atom. The van der Waals surface area contributed by atoms with Crippen LogP contribution in [0.15, 0.2) is 65.9 Å². The van der Waals surface area contributed by atoms with Crippen LogP contribution in [0.4, 0.5) is 0 Å². The molecule has 1 aliphatic carbocycles. The average Bonchev–Trinajstić information content (AvgIpc) is 3.36. The zero-order valence-corrected chi connectivity index (χ0v) is 20.2. The Morgan fingerprint density at radius 3 is 2.56 bits per heavy atom. The van der Waals surface area contributed by atoms with Gasteiger partial charge in [-0.2, -0.15) is 0 Å². The maximum Gasteiger partial charge on any atom is 0.250 e. The molecule has 2 aromatic heterocycles. The molecule has 0 radical (unpaired) electrons. The summed E-state index contributed by atoms with van der Waals surface area (Å²) >= 11 is 0. The maximum absolute atomic E-state index is 12.4. The summed E-state index contributed by atoms with van der Waals surface area (Å²) in [7, 11) is 0. The minimum absolute atomic E-state index is 0.0355. The molecule has 1 fully saturated rings. The normalized spacial score (nSPS) is 14.7. The number of nitrogens with zero attached hydrogens (tertiary/aromatic N) is 3. The van der Waals surface area contributed by atoms with E-state index < -0.39 is 0 Å². The van der Waals surface area contributed by atoms with Gasteiger partial charge in [0.2, 0.25) is 0 Å². The van der Waals surface area contributed by atoms with Crippen LogP contribution in [0.25, 0.3) is 17.3 Å². The van der Waals surface area contributed by atoms with Gasteiger partial charge in [0, 0.05) is 36.0 Å². The first-order valence-corrected chi connectivity index (χ1v) is 11.9. The molecule has 176 valence electrons. The van der Waals surface area contributed by atoms with Crippen LogP contribution < -0.4 is 10.9 Å². The largest absolute Gasteiger partial charge is 0.312 e. The van der Waals surface area contributed by atoms with E-state index in [1.165, 1.54) is 18.4 Å². The van der Waals surface area contributed by atoms with E-state index in [2.05, 4.69) is 43.2 Å². The molecule has 0 saturated heterocycles. The van der Waals surface area contributed by atoms with Gasteiger partial charge in [-0.1, -0.05) is 37.1 Å². The van der Waals surface area contributed by atoms with E-state index in [1.807, 2.05) is 29.0 Å². The van der Waals surface area contributed by atoms with Crippen LogP contribution in [0.2, 0.25) is 0 Å². The fourth-order valence-corrected chi connectivity index (χ4v) is 4.16. The van der Waals surface area contributed by atoms with Crippen molar-refractivity contribution < 1.29 is 0 Å². The first-order valence-electron chi connectivity index (χ1n) is 11.9. The second-order valence-corrected chi connectivity index (χ2v) is 9.98. The molecule has 1 aliphatic rings. The zero-order valence-electron chi connectivity index (χ0n) is 20.2. The van der Waals surface area contributed by atoms with Crippen LogP contribution in [0.5, 0.6) is 0 Å². The summed E-state index contributed by atoms with van der Waals surface area (Å²) in [6.07, 6.45) is 13.3. The third-order valence-electron chi connectivity index (χ3n) is 6.11. The molecule has 0 atom stereocenters. The number of hydrogen-bond donors (Lipinski definition) is 2. The third-order valence-corrected chi connectivity index (χ3v) is 6.11. The predicted molar refractivity (Wildman–Crippen MR) is 138 cm³/mol. The zero-order chi connectivity index (χ0) is 24.1. The summed E-state index contributed by atoms with van der Waals surface area (Å²) in [6, 6.07) is 11.8. The Balaban J connectivity index is 1.46. The average molecular weight is 456 g/mol. The topological polar surface area (TPSA) is 83.7 Å². The molecule has 3 aromatic rings. The molecule has 0 spiro atoms. The van der Waals surface area contributed by atoms with Gasteiger partial charge in [-0.15, -0.1) is 0 Å². The SMILES string of the molecule is CC(C)(C)NCc1ccc(C(=N)/C=C/c2cncc(-c3ccc(=O)n(C4CCCC4)c3)n2)cc1. The molecule has 4 rings (SSSR count). The van der Waals surface area contributed by atoms with Crippen molar-refractivity contribution in [3.63, 3.8) is 0 Å². The van der Waals surface area contributed by atoms with Gasteiger partial charge < -0.3 is 15.3 Å². The predicted octanol–water partition coefficient (Wildman–Crippen LogP) is 5.39. The van der Waals surface area contributed by atoms with Gasteiger partial charge in [-0.3, -0.25) is 9.78 Å². The van der Waals surface area contributed by atoms with Crippen molar-refractivity contribution in [2.75, 3.05) is 0 Å². The number of pyridine rings is 1. The van der Waals surface area contributed by atoms with Crippen LogP contribution in [0, 0.1) is 5.41 Å².